The number of carbonyl (C=O) groups is 1. The summed E-state index contributed by atoms with van der Waals surface area (Å²) in [6.45, 7) is 4.72. The van der Waals surface area contributed by atoms with Crippen LogP contribution in [0.2, 0.25) is 0 Å². The highest BCUT2D eigenvalue weighted by Crippen LogP contribution is 2.32. The monoisotopic (exact) mass is 420 g/mol. The summed E-state index contributed by atoms with van der Waals surface area (Å²) in [6, 6.07) is 2.65. The molecule has 1 aliphatic rings. The normalized spacial score (nSPS) is 18.3. The second kappa shape index (κ2) is 7.73. The molecule has 0 N–H and O–H groups in total. The van der Waals surface area contributed by atoms with Gasteiger partial charge in [0.1, 0.15) is 5.69 Å². The van der Waals surface area contributed by atoms with E-state index in [0.29, 0.717) is 43.7 Å². The summed E-state index contributed by atoms with van der Waals surface area (Å²) in [5.41, 5.74) is 0.281. The molecule has 160 valence electrons. The van der Waals surface area contributed by atoms with E-state index < -0.39 is 11.9 Å². The first kappa shape index (κ1) is 20.4. The number of likely N-dealkylation sites (tertiary alicyclic amines) is 1. The van der Waals surface area contributed by atoms with Crippen LogP contribution in [-0.2, 0) is 17.4 Å². The Bertz CT molecular complexity index is 1040. The number of aryl methyl sites for hydroxylation is 1. The molecular weight excluding hydrogens is 397 g/mol. The van der Waals surface area contributed by atoms with Crippen molar-refractivity contribution >= 4 is 11.6 Å². The molecule has 2 unspecified atom stereocenters. The van der Waals surface area contributed by atoms with Gasteiger partial charge in [-0.1, -0.05) is 6.92 Å². The number of carbonyl (C=O) groups excluding carboxylic acids is 1. The summed E-state index contributed by atoms with van der Waals surface area (Å²) < 4.78 is 43.2. The Hall–Kier alpha value is -2.91. The lowest BCUT2D eigenvalue weighted by Crippen LogP contribution is -2.30. The summed E-state index contributed by atoms with van der Waals surface area (Å²) in [7, 11) is 0. The number of hydrogen-bond acceptors (Lipinski definition) is 4. The Morgan fingerprint density at radius 2 is 2.13 bits per heavy atom. The van der Waals surface area contributed by atoms with E-state index in [1.54, 1.807) is 30.4 Å². The maximum absolute atomic E-state index is 13.5. The Morgan fingerprint density at radius 1 is 1.33 bits per heavy atom. The van der Waals surface area contributed by atoms with E-state index >= 15 is 0 Å². The zero-order chi connectivity index (χ0) is 21.5. The summed E-state index contributed by atoms with van der Waals surface area (Å²) in [4.78, 5) is 22.7. The van der Waals surface area contributed by atoms with Gasteiger partial charge in [-0.05, 0) is 25.8 Å². The molecule has 0 aliphatic carbocycles. The average molecular weight is 420 g/mol. The van der Waals surface area contributed by atoms with Gasteiger partial charge in [0.05, 0.1) is 12.0 Å². The summed E-state index contributed by atoms with van der Waals surface area (Å²) in [5, 5.41) is 4.22. The number of aromatic nitrogens is 5. The first-order chi connectivity index (χ1) is 14.3. The first-order valence-corrected chi connectivity index (χ1v) is 9.98. The molecule has 0 spiro atoms. The van der Waals surface area contributed by atoms with Gasteiger partial charge in [0.15, 0.2) is 5.65 Å². The molecule has 4 rings (SSSR count). The molecule has 4 heterocycles. The number of rotatable bonds is 5. The predicted octanol–water partition coefficient (Wildman–Crippen LogP) is 3.47. The van der Waals surface area contributed by atoms with Gasteiger partial charge >= 0.3 is 6.18 Å². The third-order valence-corrected chi connectivity index (χ3v) is 5.61. The molecule has 0 bridgehead atoms. The quantitative estimate of drug-likeness (QED) is 0.634. The van der Waals surface area contributed by atoms with Crippen LogP contribution in [0.3, 0.4) is 0 Å². The predicted molar refractivity (Wildman–Crippen MR) is 103 cm³/mol. The van der Waals surface area contributed by atoms with Crippen molar-refractivity contribution in [3.63, 3.8) is 0 Å². The minimum Gasteiger partial charge on any atom is -0.342 e. The SMILES string of the molecule is CCc1cc(C(F)(F)F)n2nc(C3CCN(C(=O)CC(C)n4ccnc4)C3)cc2n1. The summed E-state index contributed by atoms with van der Waals surface area (Å²) in [5.74, 6) is -0.0878. The minimum atomic E-state index is -4.52. The molecule has 0 aromatic carbocycles. The topological polar surface area (TPSA) is 68.3 Å². The number of imidazole rings is 1. The molecule has 1 aliphatic heterocycles. The van der Waals surface area contributed by atoms with Crippen LogP contribution >= 0.6 is 0 Å². The van der Waals surface area contributed by atoms with Gasteiger partial charge in [-0.3, -0.25) is 4.79 Å². The maximum atomic E-state index is 13.5. The summed E-state index contributed by atoms with van der Waals surface area (Å²) >= 11 is 0. The Labute approximate surface area is 171 Å². The molecule has 1 amide bonds. The van der Waals surface area contributed by atoms with Gasteiger partial charge in [-0.2, -0.15) is 18.3 Å². The number of fused-ring (bicyclic) bond motifs is 1. The van der Waals surface area contributed by atoms with Gasteiger partial charge in [0.25, 0.3) is 0 Å². The van der Waals surface area contributed by atoms with Crippen LogP contribution in [0.5, 0.6) is 0 Å². The number of hydrogen-bond donors (Lipinski definition) is 0. The van der Waals surface area contributed by atoms with Crippen LogP contribution in [0.25, 0.3) is 5.65 Å². The van der Waals surface area contributed by atoms with Crippen LogP contribution in [0.1, 0.15) is 55.7 Å². The molecule has 10 heteroatoms. The minimum absolute atomic E-state index is 0.0137. The van der Waals surface area contributed by atoms with Crippen molar-refractivity contribution < 1.29 is 18.0 Å². The Kier molecular flexibility index (Phi) is 5.25. The van der Waals surface area contributed by atoms with E-state index in [2.05, 4.69) is 15.1 Å². The number of amides is 1. The van der Waals surface area contributed by atoms with Crippen molar-refractivity contribution in [3.8, 4) is 0 Å². The summed E-state index contributed by atoms with van der Waals surface area (Å²) in [6.07, 6.45) is 2.05. The van der Waals surface area contributed by atoms with Crippen molar-refractivity contribution in [2.75, 3.05) is 13.1 Å². The van der Waals surface area contributed by atoms with E-state index in [0.717, 1.165) is 10.6 Å². The van der Waals surface area contributed by atoms with Crippen LogP contribution < -0.4 is 0 Å². The molecule has 1 saturated heterocycles. The van der Waals surface area contributed by atoms with E-state index in [9.17, 15) is 18.0 Å². The second-order valence-electron chi connectivity index (χ2n) is 7.71. The Morgan fingerprint density at radius 3 is 2.80 bits per heavy atom. The fraction of sp³-hybridized carbons (Fsp3) is 0.500. The lowest BCUT2D eigenvalue weighted by Gasteiger charge is -2.19. The zero-order valence-electron chi connectivity index (χ0n) is 16.8. The van der Waals surface area contributed by atoms with Gasteiger partial charge in [0.2, 0.25) is 5.91 Å². The van der Waals surface area contributed by atoms with Gasteiger partial charge < -0.3 is 9.47 Å². The van der Waals surface area contributed by atoms with Gasteiger partial charge in [-0.15, -0.1) is 0 Å². The van der Waals surface area contributed by atoms with E-state index in [1.165, 1.54) is 0 Å². The molecule has 0 radical (unpaired) electrons. The maximum Gasteiger partial charge on any atom is 0.433 e. The first-order valence-electron chi connectivity index (χ1n) is 9.98. The van der Waals surface area contributed by atoms with Crippen LogP contribution in [0, 0.1) is 0 Å². The molecule has 30 heavy (non-hydrogen) atoms. The standard InChI is InChI=1S/C20H23F3N6O/c1-3-15-9-17(20(21,22)23)29-18(25-15)10-16(26-29)14-4-6-27(11-14)19(30)8-13(2)28-7-5-24-12-28/h5,7,9-10,12-14H,3-4,6,8,11H2,1-2H3. The van der Waals surface area contributed by atoms with E-state index in [-0.39, 0.29) is 23.5 Å². The Balaban J connectivity index is 1.52. The van der Waals surface area contributed by atoms with Crippen LogP contribution in [0.4, 0.5) is 13.2 Å². The molecular formula is C20H23F3N6O. The molecule has 2 atom stereocenters. The number of nitrogens with zero attached hydrogens (tertiary/aromatic N) is 6. The van der Waals surface area contributed by atoms with E-state index in [1.807, 2.05) is 17.7 Å². The molecule has 1 fully saturated rings. The van der Waals surface area contributed by atoms with Crippen molar-refractivity contribution in [1.82, 2.24) is 29.0 Å². The van der Waals surface area contributed by atoms with Crippen LogP contribution in [0.15, 0.2) is 30.9 Å². The fourth-order valence-corrected chi connectivity index (χ4v) is 3.87. The number of halogens is 3. The van der Waals surface area contributed by atoms with E-state index in [4.69, 9.17) is 0 Å². The highest BCUT2D eigenvalue weighted by Gasteiger charge is 2.36. The molecule has 3 aromatic rings. The van der Waals surface area contributed by atoms with Gasteiger partial charge in [-0.25, -0.2) is 14.5 Å². The molecule has 7 nitrogen and oxygen atoms in total. The van der Waals surface area contributed by atoms with Crippen molar-refractivity contribution in [2.24, 2.45) is 0 Å². The van der Waals surface area contributed by atoms with Crippen molar-refractivity contribution in [1.29, 1.82) is 0 Å². The number of alkyl halides is 3. The third-order valence-electron chi connectivity index (χ3n) is 5.61. The smallest absolute Gasteiger partial charge is 0.342 e. The molecule has 0 saturated carbocycles. The second-order valence-corrected chi connectivity index (χ2v) is 7.71. The highest BCUT2D eigenvalue weighted by atomic mass is 19.4. The average Bonchev–Trinajstić information content (AvgIpc) is 3.45. The van der Waals surface area contributed by atoms with Crippen LogP contribution in [-0.4, -0.2) is 48.0 Å². The lowest BCUT2D eigenvalue weighted by molar-refractivity contribution is -0.142. The lowest BCUT2D eigenvalue weighted by atomic mass is 10.1. The molecule has 3 aromatic heterocycles. The largest absolute Gasteiger partial charge is 0.433 e. The van der Waals surface area contributed by atoms with Crippen molar-refractivity contribution in [2.45, 2.75) is 51.2 Å². The van der Waals surface area contributed by atoms with Crippen molar-refractivity contribution in [3.05, 3.63) is 47.9 Å². The highest BCUT2D eigenvalue weighted by molar-refractivity contribution is 5.77. The third kappa shape index (κ3) is 3.90. The van der Waals surface area contributed by atoms with Gasteiger partial charge in [0, 0.05) is 55.6 Å². The zero-order valence-corrected chi connectivity index (χ0v) is 16.8. The fourth-order valence-electron chi connectivity index (χ4n) is 3.87.